The fourth-order valence-corrected chi connectivity index (χ4v) is 22.6. The van der Waals surface area contributed by atoms with Crippen LogP contribution in [0.1, 0.15) is 273 Å². The first-order valence-electron chi connectivity index (χ1n) is 40.3. The van der Waals surface area contributed by atoms with E-state index in [0.29, 0.717) is 0 Å². The fraction of sp³-hybridized carbons (Fsp3) is 0.480. The van der Waals surface area contributed by atoms with Gasteiger partial charge in [0.2, 0.25) is 0 Å². The molecule has 0 amide bonds. The van der Waals surface area contributed by atoms with Crippen LogP contribution in [0, 0.1) is 242 Å². The quantitative estimate of drug-likeness (QED) is 0.136. The Hall–Kier alpha value is -8.36. The van der Waals surface area contributed by atoms with Gasteiger partial charge in [0.15, 0.2) is 39.1 Å². The Balaban J connectivity index is 0.000000127. The predicted molar refractivity (Wildman–Crippen MR) is 457 cm³/mol. The van der Waals surface area contributed by atoms with E-state index in [1.54, 1.807) is 0 Å². The van der Waals surface area contributed by atoms with Crippen molar-refractivity contribution in [3.05, 3.63) is 218 Å². The second-order valence-electron chi connectivity index (χ2n) is 36.8. The molecule has 0 spiro atoms. The number of aryl methyl sites for hydroxylation is 12. The lowest BCUT2D eigenvalue weighted by atomic mass is 9.82. The SMILES string of the molecule is Cc1c(C)c(C)c2c(c1C)-c1c(C)n3c(C)c(C)c(C)c(C)c3[n+]1C2(C)C.Cc1c(C)c(C)c2c(c1C)-c1c3c(C)c(C)c(C)c(C)n3c(C)[n+]1C2(C)C.Cc1c(C)c(C)c2c(c1C)-c1n(c3c(C)c(C)c(C)c(C)c3[n+]1C)C2(C)C.Cc1c(C)c(C)c2c(c1C)-c1n3c(C)c(C)c(C)c(C)c3c(C)[n+]1C2(C)C. The maximum Gasteiger partial charge on any atom is 0.295 e. The van der Waals surface area contributed by atoms with E-state index in [0.717, 1.165) is 0 Å². The first-order valence-corrected chi connectivity index (χ1v) is 40.3. The lowest BCUT2D eigenvalue weighted by Gasteiger charge is -2.24. The van der Waals surface area contributed by atoms with E-state index in [-0.39, 0.29) is 22.2 Å². The Kier molecular flexibility index (Phi) is 17.7. The minimum absolute atomic E-state index is 0.0469. The zero-order valence-corrected chi connectivity index (χ0v) is 75.6. The van der Waals surface area contributed by atoms with Gasteiger partial charge in [-0.1, -0.05) is 0 Å². The fourth-order valence-electron chi connectivity index (χ4n) is 22.6. The first-order chi connectivity index (χ1) is 49.8. The van der Waals surface area contributed by atoms with Gasteiger partial charge in [-0.3, -0.25) is 0 Å². The average Bonchev–Trinajstić information content (AvgIpc) is 1.54. The molecule has 12 aromatic rings. The summed E-state index contributed by atoms with van der Waals surface area (Å²) in [5.74, 6) is 4.07. The number of hydrogen-bond donors (Lipinski definition) is 0. The molecule has 0 fully saturated rings. The summed E-state index contributed by atoms with van der Waals surface area (Å²) in [5, 5.41) is 0. The van der Waals surface area contributed by atoms with Crippen LogP contribution >= 0.6 is 0 Å². The topological polar surface area (TPSA) is 33.7 Å². The first kappa shape index (κ1) is 77.8. The van der Waals surface area contributed by atoms with Gasteiger partial charge in [0.05, 0.1) is 18.2 Å². The molecule has 0 bridgehead atoms. The molecule has 0 N–H and O–H groups in total. The molecule has 0 aliphatic carbocycles. The number of fused-ring (bicyclic) bond motifs is 20. The lowest BCUT2D eigenvalue weighted by Crippen LogP contribution is -2.52. The van der Waals surface area contributed by atoms with Crippen LogP contribution in [-0.4, -0.2) is 17.8 Å². The molecule has 108 heavy (non-hydrogen) atoms. The van der Waals surface area contributed by atoms with Gasteiger partial charge in [-0.25, -0.2) is 22.8 Å². The van der Waals surface area contributed by atoms with Gasteiger partial charge in [-0.05, 0) is 410 Å². The normalized spacial score (nSPS) is 14.8. The molecule has 11 heterocycles. The summed E-state index contributed by atoms with van der Waals surface area (Å²) in [6.45, 7) is 99.2. The van der Waals surface area contributed by atoms with Gasteiger partial charge < -0.3 is 0 Å². The van der Waals surface area contributed by atoms with E-state index in [1.165, 1.54) is 291 Å². The van der Waals surface area contributed by atoms with Crippen molar-refractivity contribution in [2.75, 3.05) is 0 Å². The molecular weight excluding hydrogens is 1310 g/mol. The van der Waals surface area contributed by atoms with Gasteiger partial charge >= 0.3 is 0 Å². The van der Waals surface area contributed by atoms with Crippen LogP contribution in [0.15, 0.2) is 0 Å². The molecule has 8 heteroatoms. The van der Waals surface area contributed by atoms with Crippen molar-refractivity contribution in [3.63, 3.8) is 0 Å². The molecule has 0 saturated heterocycles. The molecule has 0 saturated carbocycles. The number of aromatic nitrogens is 8. The van der Waals surface area contributed by atoms with E-state index in [9.17, 15) is 0 Å². The maximum absolute atomic E-state index is 2.63. The van der Waals surface area contributed by atoms with Gasteiger partial charge in [-0.15, -0.1) is 0 Å². The van der Waals surface area contributed by atoms with Gasteiger partial charge in [0, 0.05) is 82.0 Å². The van der Waals surface area contributed by atoms with Gasteiger partial charge in [0.1, 0.15) is 44.9 Å². The number of benzene rings is 5. The molecule has 568 valence electrons. The third kappa shape index (κ3) is 9.39. The van der Waals surface area contributed by atoms with Crippen LogP contribution in [0.2, 0.25) is 0 Å². The van der Waals surface area contributed by atoms with Gasteiger partial charge in [-0.2, -0.15) is 13.2 Å². The zero-order valence-electron chi connectivity index (χ0n) is 75.6. The van der Waals surface area contributed by atoms with Crippen molar-refractivity contribution in [1.29, 1.82) is 0 Å². The summed E-state index contributed by atoms with van der Waals surface area (Å²) in [6, 6.07) is 0. The van der Waals surface area contributed by atoms with Crippen LogP contribution in [0.25, 0.3) is 73.0 Å². The van der Waals surface area contributed by atoms with Crippen molar-refractivity contribution >= 4 is 27.7 Å². The van der Waals surface area contributed by atoms with Crippen LogP contribution in [0.5, 0.6) is 0 Å². The standard InChI is InChI=1S/4C25H33N2/c1-12-13(2)17(6)21-20(16(12)5)24-26(11)22-18(7)14(3)15(4)19(8)23(22)27(24)25(21,9)10;1-12-13(2)17(6)22-21(16(12)5)23-20(9)26-19(8)15(4)14(3)18(7)24(26)27(23)25(22,10)11;1-12-13(2)17(6)22-21(16(12)5)24-23-18(7)14(3)15(4)19(8)26(23)20(9)27(24)25(22,10)11;1-12-13(2)17(6)22-21(16(12)5)24-26-19(8)15(4)14(3)18(7)23(26)20(9)27(24)25(22,10)11/h4*1-11H3/q4*+1. The molecule has 0 radical (unpaired) electrons. The Bertz CT molecular complexity index is 5780. The number of nitrogens with zero attached hydrogens (tertiary/aromatic N) is 8. The van der Waals surface area contributed by atoms with Crippen molar-refractivity contribution in [2.24, 2.45) is 7.05 Å². The van der Waals surface area contributed by atoms with Crippen LogP contribution < -0.4 is 18.3 Å². The Morgan fingerprint density at radius 3 is 1.01 bits per heavy atom. The van der Waals surface area contributed by atoms with E-state index in [4.69, 9.17) is 0 Å². The largest absolute Gasteiger partial charge is 0.295 e. The van der Waals surface area contributed by atoms with Crippen molar-refractivity contribution in [3.8, 4) is 45.3 Å². The monoisotopic (exact) mass is 1450 g/mol. The summed E-state index contributed by atoms with van der Waals surface area (Å²) in [5.41, 5.74) is 69.7. The van der Waals surface area contributed by atoms with Crippen molar-refractivity contribution < 1.29 is 18.3 Å². The smallest absolute Gasteiger partial charge is 0.225 e. The Labute approximate surface area is 650 Å². The van der Waals surface area contributed by atoms with E-state index < -0.39 is 0 Å². The highest BCUT2D eigenvalue weighted by atomic mass is 15.2. The van der Waals surface area contributed by atoms with E-state index in [1.807, 2.05) is 0 Å². The number of imidazole rings is 4. The molecule has 0 unspecified atom stereocenters. The predicted octanol–water partition coefficient (Wildman–Crippen LogP) is 23.0. The van der Waals surface area contributed by atoms with Crippen LogP contribution in [0.4, 0.5) is 0 Å². The molecule has 4 aliphatic heterocycles. The molecule has 16 rings (SSSR count). The number of hydrogen-bond acceptors (Lipinski definition) is 0. The molecule has 0 atom stereocenters. The molecule has 8 nitrogen and oxygen atoms in total. The van der Waals surface area contributed by atoms with E-state index >= 15 is 0 Å². The molecule has 5 aromatic carbocycles. The Morgan fingerprint density at radius 1 is 0.231 bits per heavy atom. The van der Waals surface area contributed by atoms with Crippen LogP contribution in [0.3, 0.4) is 0 Å². The third-order valence-electron chi connectivity index (χ3n) is 31.1. The number of rotatable bonds is 0. The second kappa shape index (κ2) is 24.6. The summed E-state index contributed by atoms with van der Waals surface area (Å²) in [7, 11) is 2.25. The summed E-state index contributed by atoms with van der Waals surface area (Å²) in [6.07, 6.45) is 0. The van der Waals surface area contributed by atoms with Crippen molar-refractivity contribution in [1.82, 2.24) is 17.8 Å². The highest BCUT2D eigenvalue weighted by molar-refractivity contribution is 5.90. The Morgan fingerprint density at radius 2 is 0.546 bits per heavy atom. The minimum Gasteiger partial charge on any atom is -0.225 e. The second-order valence-corrected chi connectivity index (χ2v) is 36.8. The van der Waals surface area contributed by atoms with E-state index in [2.05, 4.69) is 341 Å². The third-order valence-corrected chi connectivity index (χ3v) is 31.1. The van der Waals surface area contributed by atoms with Gasteiger partial charge in [0.25, 0.3) is 23.1 Å². The average molecular weight is 1450 g/mol. The summed E-state index contributed by atoms with van der Waals surface area (Å²) >= 11 is 0. The molecular formula is C100H132N8+4. The van der Waals surface area contributed by atoms with Crippen LogP contribution in [-0.2, 0) is 29.2 Å². The highest BCUT2D eigenvalue weighted by Gasteiger charge is 2.54. The van der Waals surface area contributed by atoms with Crippen molar-refractivity contribution in [2.45, 2.75) is 320 Å². The molecule has 7 aromatic heterocycles. The zero-order chi connectivity index (χ0) is 80.6. The summed E-state index contributed by atoms with van der Waals surface area (Å²) < 4.78 is 20.5. The summed E-state index contributed by atoms with van der Waals surface area (Å²) in [4.78, 5) is 0. The minimum atomic E-state index is -0.0591. The highest BCUT2D eigenvalue weighted by Crippen LogP contribution is 2.54. The lowest BCUT2D eigenvalue weighted by molar-refractivity contribution is -0.736. The number of pyridine rings is 3. The molecule has 4 aliphatic rings. The maximum atomic E-state index is 2.63.